The highest BCUT2D eigenvalue weighted by atomic mass is 19.1. The molecule has 0 saturated heterocycles. The number of halogens is 1. The number of hydrogen-bond acceptors (Lipinski definition) is 4. The highest BCUT2D eigenvalue weighted by molar-refractivity contribution is 5.98. The van der Waals surface area contributed by atoms with Crippen molar-refractivity contribution in [1.29, 1.82) is 0 Å². The summed E-state index contributed by atoms with van der Waals surface area (Å²) >= 11 is 0. The minimum absolute atomic E-state index is 0.0484. The average Bonchev–Trinajstić information content (AvgIpc) is 2.59. The van der Waals surface area contributed by atoms with Gasteiger partial charge in [0.15, 0.2) is 0 Å². The second-order valence-corrected chi connectivity index (χ2v) is 6.07. The van der Waals surface area contributed by atoms with Crippen molar-refractivity contribution in [3.05, 3.63) is 68.3 Å². The summed E-state index contributed by atoms with van der Waals surface area (Å²) in [5.41, 5.74) is 1.11. The first kappa shape index (κ1) is 17.5. The number of pyridine rings is 1. The molecule has 7 heteroatoms. The number of H-pyrrole nitrogens is 2. The first-order chi connectivity index (χ1) is 12.4. The van der Waals surface area contributed by atoms with Crippen molar-refractivity contribution < 1.29 is 9.18 Å². The number of aldehydes is 1. The molecule has 132 valence electrons. The molecule has 2 N–H and O–H groups in total. The lowest BCUT2D eigenvalue weighted by molar-refractivity contribution is -0.104. The lowest BCUT2D eigenvalue weighted by Crippen LogP contribution is -2.24. The molecule has 2 aromatic heterocycles. The first-order valence-electron chi connectivity index (χ1n) is 8.00. The fourth-order valence-corrected chi connectivity index (χ4v) is 2.89. The number of aromatic nitrogens is 3. The third-order valence-corrected chi connectivity index (χ3v) is 3.97. The Morgan fingerprint density at radius 1 is 1.12 bits per heavy atom. The van der Waals surface area contributed by atoms with Crippen LogP contribution in [-0.4, -0.2) is 21.2 Å². The van der Waals surface area contributed by atoms with Crippen LogP contribution >= 0.6 is 0 Å². The van der Waals surface area contributed by atoms with E-state index in [1.54, 1.807) is 6.08 Å². The molecular weight excluding hydrogens is 337 g/mol. The van der Waals surface area contributed by atoms with Gasteiger partial charge in [0, 0.05) is 11.1 Å². The fourth-order valence-electron chi connectivity index (χ4n) is 2.89. The van der Waals surface area contributed by atoms with Crippen LogP contribution in [-0.2, 0) is 4.79 Å². The van der Waals surface area contributed by atoms with Gasteiger partial charge in [-0.05, 0) is 35.8 Å². The van der Waals surface area contributed by atoms with E-state index in [-0.39, 0.29) is 17.0 Å². The van der Waals surface area contributed by atoms with E-state index in [2.05, 4.69) is 15.0 Å². The van der Waals surface area contributed by atoms with Crippen LogP contribution < -0.4 is 11.2 Å². The van der Waals surface area contributed by atoms with Crippen LogP contribution in [0.25, 0.3) is 28.2 Å². The Bertz CT molecular complexity index is 1130. The summed E-state index contributed by atoms with van der Waals surface area (Å²) in [6.07, 6.45) is 3.50. The number of allylic oxidation sites excluding steroid dienone is 1. The van der Waals surface area contributed by atoms with E-state index in [1.165, 1.54) is 30.3 Å². The van der Waals surface area contributed by atoms with Gasteiger partial charge in [-0.2, -0.15) is 0 Å². The summed E-state index contributed by atoms with van der Waals surface area (Å²) < 4.78 is 13.4. The summed E-state index contributed by atoms with van der Waals surface area (Å²) in [4.78, 5) is 44.2. The lowest BCUT2D eigenvalue weighted by atomic mass is 9.92. The number of rotatable bonds is 4. The summed E-state index contributed by atoms with van der Waals surface area (Å²) in [7, 11) is 0. The fraction of sp³-hybridized carbons (Fsp3) is 0.158. The van der Waals surface area contributed by atoms with Crippen molar-refractivity contribution in [3.8, 4) is 11.1 Å². The third-order valence-electron chi connectivity index (χ3n) is 3.97. The molecule has 6 nitrogen and oxygen atoms in total. The summed E-state index contributed by atoms with van der Waals surface area (Å²) in [6, 6.07) is 5.64. The van der Waals surface area contributed by atoms with Crippen molar-refractivity contribution in [1.82, 2.24) is 15.0 Å². The predicted molar refractivity (Wildman–Crippen MR) is 97.6 cm³/mol. The van der Waals surface area contributed by atoms with Gasteiger partial charge in [-0.25, -0.2) is 14.2 Å². The van der Waals surface area contributed by atoms with E-state index < -0.39 is 17.1 Å². The molecule has 1 aromatic carbocycles. The number of aromatic amines is 2. The highest BCUT2D eigenvalue weighted by Gasteiger charge is 2.20. The maximum Gasteiger partial charge on any atom is 0.327 e. The molecule has 3 aromatic rings. The zero-order valence-electron chi connectivity index (χ0n) is 14.2. The Hall–Kier alpha value is -3.35. The monoisotopic (exact) mass is 353 g/mol. The number of carbonyl (C=O) groups excluding carboxylic acids is 1. The standard InChI is InChI=1S/C19H16FN3O3/c1-10(2)16-13(4-3-9-24)14(11-5-7-12(20)8-6-11)15-17(21-16)22-19(26)23-18(15)25/h3-10H,1-2H3,(H2,21,22,23,25,26). The number of fused-ring (bicyclic) bond motifs is 1. The molecule has 0 radical (unpaired) electrons. The highest BCUT2D eigenvalue weighted by Crippen LogP contribution is 2.34. The van der Waals surface area contributed by atoms with E-state index in [0.717, 1.165) is 0 Å². The van der Waals surface area contributed by atoms with Gasteiger partial charge < -0.3 is 0 Å². The minimum Gasteiger partial charge on any atom is -0.299 e. The normalized spacial score (nSPS) is 11.5. The SMILES string of the molecule is CC(C)c1nc2[nH]c(=O)[nH]c(=O)c2c(-c2ccc(F)cc2)c1C=CC=O. The van der Waals surface area contributed by atoms with Crippen molar-refractivity contribution in [2.24, 2.45) is 0 Å². The molecule has 2 heterocycles. The molecule has 0 aliphatic carbocycles. The Morgan fingerprint density at radius 2 is 1.81 bits per heavy atom. The molecule has 3 rings (SSSR count). The van der Waals surface area contributed by atoms with Gasteiger partial charge in [0.05, 0.1) is 11.1 Å². The Morgan fingerprint density at radius 3 is 2.42 bits per heavy atom. The van der Waals surface area contributed by atoms with E-state index >= 15 is 0 Å². The molecule has 0 atom stereocenters. The number of carbonyl (C=O) groups is 1. The maximum atomic E-state index is 13.4. The molecule has 0 bridgehead atoms. The number of nitrogens with one attached hydrogen (secondary N) is 2. The molecule has 0 aliphatic heterocycles. The van der Waals surface area contributed by atoms with E-state index in [4.69, 9.17) is 0 Å². The first-order valence-corrected chi connectivity index (χ1v) is 8.00. The van der Waals surface area contributed by atoms with Crippen LogP contribution in [0.4, 0.5) is 4.39 Å². The minimum atomic E-state index is -0.661. The largest absolute Gasteiger partial charge is 0.327 e. The van der Waals surface area contributed by atoms with Gasteiger partial charge in [-0.3, -0.25) is 19.6 Å². The van der Waals surface area contributed by atoms with E-state index in [9.17, 15) is 18.8 Å². The van der Waals surface area contributed by atoms with Crippen LogP contribution in [0.3, 0.4) is 0 Å². The van der Waals surface area contributed by atoms with Gasteiger partial charge in [0.2, 0.25) is 0 Å². The molecule has 0 amide bonds. The van der Waals surface area contributed by atoms with Crippen LogP contribution in [0.5, 0.6) is 0 Å². The van der Waals surface area contributed by atoms with Crippen molar-refractivity contribution in [2.75, 3.05) is 0 Å². The number of hydrogen-bond donors (Lipinski definition) is 2. The Kier molecular flexibility index (Phi) is 4.62. The van der Waals surface area contributed by atoms with Crippen LogP contribution in [0.15, 0.2) is 39.9 Å². The molecule has 0 fully saturated rings. The topological polar surface area (TPSA) is 95.7 Å². The van der Waals surface area contributed by atoms with Gasteiger partial charge in [0.25, 0.3) is 5.56 Å². The van der Waals surface area contributed by atoms with Crippen molar-refractivity contribution in [2.45, 2.75) is 19.8 Å². The molecule has 0 aliphatic rings. The maximum absolute atomic E-state index is 13.4. The quantitative estimate of drug-likeness (QED) is 0.557. The van der Waals surface area contributed by atoms with Gasteiger partial charge in [-0.15, -0.1) is 0 Å². The molecule has 0 unspecified atom stereocenters. The van der Waals surface area contributed by atoms with Gasteiger partial charge >= 0.3 is 5.69 Å². The Balaban J connectivity index is 2.56. The van der Waals surface area contributed by atoms with Gasteiger partial charge in [0.1, 0.15) is 17.8 Å². The molecule has 26 heavy (non-hydrogen) atoms. The van der Waals surface area contributed by atoms with Crippen molar-refractivity contribution >= 4 is 23.4 Å². The Labute approximate surface area is 147 Å². The van der Waals surface area contributed by atoms with Crippen LogP contribution in [0, 0.1) is 5.82 Å². The third kappa shape index (κ3) is 3.11. The smallest absolute Gasteiger partial charge is 0.299 e. The zero-order valence-corrected chi connectivity index (χ0v) is 14.2. The molecule has 0 spiro atoms. The summed E-state index contributed by atoms with van der Waals surface area (Å²) in [6.45, 7) is 3.82. The summed E-state index contributed by atoms with van der Waals surface area (Å²) in [5, 5.41) is 0.172. The predicted octanol–water partition coefficient (Wildman–Crippen LogP) is 2.75. The van der Waals surface area contributed by atoms with Crippen molar-refractivity contribution in [3.63, 3.8) is 0 Å². The van der Waals surface area contributed by atoms with Gasteiger partial charge in [-0.1, -0.05) is 26.0 Å². The molecular formula is C19H16FN3O3. The molecule has 0 saturated carbocycles. The zero-order chi connectivity index (χ0) is 18.8. The second-order valence-electron chi connectivity index (χ2n) is 6.07. The average molecular weight is 353 g/mol. The lowest BCUT2D eigenvalue weighted by Gasteiger charge is -2.16. The van der Waals surface area contributed by atoms with E-state index in [0.29, 0.717) is 28.7 Å². The summed E-state index contributed by atoms with van der Waals surface area (Å²) in [5.74, 6) is -0.462. The number of benzene rings is 1. The second kappa shape index (κ2) is 6.87. The van der Waals surface area contributed by atoms with Crippen LogP contribution in [0.1, 0.15) is 31.0 Å². The van der Waals surface area contributed by atoms with Crippen LogP contribution in [0.2, 0.25) is 0 Å². The number of nitrogens with zero attached hydrogens (tertiary/aromatic N) is 1. The van der Waals surface area contributed by atoms with E-state index in [1.807, 2.05) is 13.8 Å².